The molecule has 0 aromatic heterocycles. The fraction of sp³-hybridized carbons (Fsp3) is 0.513. The van der Waals surface area contributed by atoms with Crippen LogP contribution in [-0.4, -0.2) is 51.3 Å². The molecular formula is C39H53NO6. The second kappa shape index (κ2) is 18.0. The molecule has 4 unspecified atom stereocenters. The average molecular weight is 632 g/mol. The maximum atomic E-state index is 12.5. The van der Waals surface area contributed by atoms with Crippen molar-refractivity contribution in [2.24, 2.45) is 17.8 Å². The van der Waals surface area contributed by atoms with Gasteiger partial charge in [-0.25, -0.2) is 4.79 Å². The minimum Gasteiger partial charge on any atom is -0.497 e. The minimum absolute atomic E-state index is 0.00347. The van der Waals surface area contributed by atoms with Gasteiger partial charge in [0.2, 0.25) is 0 Å². The number of carbonyl (C=O) groups is 1. The molecule has 1 fully saturated rings. The largest absolute Gasteiger partial charge is 0.497 e. The monoisotopic (exact) mass is 631 g/mol. The minimum atomic E-state index is -0.925. The molecule has 0 saturated heterocycles. The van der Waals surface area contributed by atoms with E-state index in [-0.39, 0.29) is 24.7 Å². The van der Waals surface area contributed by atoms with Gasteiger partial charge in [-0.2, -0.15) is 0 Å². The first-order valence-electron chi connectivity index (χ1n) is 17.0. The molecule has 250 valence electrons. The van der Waals surface area contributed by atoms with Crippen molar-refractivity contribution >= 4 is 6.09 Å². The van der Waals surface area contributed by atoms with Gasteiger partial charge in [-0.15, -0.1) is 0 Å². The van der Waals surface area contributed by atoms with Crippen LogP contribution in [-0.2, 0) is 15.1 Å². The van der Waals surface area contributed by atoms with Crippen LogP contribution >= 0.6 is 0 Å². The van der Waals surface area contributed by atoms with Crippen LogP contribution in [0.4, 0.5) is 4.79 Å². The van der Waals surface area contributed by atoms with E-state index in [1.807, 2.05) is 66.7 Å². The van der Waals surface area contributed by atoms with Crippen molar-refractivity contribution in [3.05, 3.63) is 95.6 Å². The Bertz CT molecular complexity index is 1250. The van der Waals surface area contributed by atoms with Crippen LogP contribution in [0.2, 0.25) is 0 Å². The Morgan fingerprint density at radius 1 is 0.848 bits per heavy atom. The number of aliphatic hydroxyl groups excluding tert-OH is 1. The number of unbranched alkanes of at least 4 members (excludes halogenated alkanes) is 1. The van der Waals surface area contributed by atoms with E-state index in [4.69, 9.17) is 18.9 Å². The topological polar surface area (TPSA) is 86.3 Å². The molecule has 1 amide bonds. The summed E-state index contributed by atoms with van der Waals surface area (Å²) in [6.07, 6.45) is 7.48. The van der Waals surface area contributed by atoms with Crippen LogP contribution in [0.3, 0.4) is 0 Å². The summed E-state index contributed by atoms with van der Waals surface area (Å²) in [5, 5.41) is 13.3. The molecule has 3 aromatic rings. The summed E-state index contributed by atoms with van der Waals surface area (Å²) in [5.74, 6) is 2.97. The first-order valence-corrected chi connectivity index (χ1v) is 17.0. The second-order valence-corrected chi connectivity index (χ2v) is 12.5. The molecule has 1 aliphatic carbocycles. The number of amides is 1. The first kappa shape index (κ1) is 35.3. The van der Waals surface area contributed by atoms with E-state index in [0.717, 1.165) is 72.6 Å². The molecule has 4 rings (SSSR count). The van der Waals surface area contributed by atoms with Gasteiger partial charge in [-0.3, -0.25) is 0 Å². The molecule has 0 aliphatic heterocycles. The van der Waals surface area contributed by atoms with E-state index in [0.29, 0.717) is 19.1 Å². The molecule has 0 heterocycles. The Hall–Kier alpha value is -3.55. The van der Waals surface area contributed by atoms with Crippen molar-refractivity contribution in [2.75, 3.05) is 34.0 Å². The lowest BCUT2D eigenvalue weighted by molar-refractivity contribution is -0.0205. The van der Waals surface area contributed by atoms with Crippen LogP contribution in [0.25, 0.3) is 0 Å². The van der Waals surface area contributed by atoms with Crippen LogP contribution in [0.15, 0.2) is 78.9 Å². The van der Waals surface area contributed by atoms with Crippen molar-refractivity contribution < 1.29 is 28.8 Å². The standard InChI is InChI=1S/C39H53NO6/c1-5-12-37(26-31-25-30(31)6-2)46-38(42)40-24-11-10-13-29(27-41)28-45-39(32-14-8-7-9-15-32,33-16-20-35(43-3)21-17-33)34-18-22-36(44-4)23-19-34/h7-9,14-23,29-31,37,41H,5-6,10-13,24-28H2,1-4H3,(H,40,42). The lowest BCUT2D eigenvalue weighted by Crippen LogP contribution is -2.35. The predicted molar refractivity (Wildman–Crippen MR) is 182 cm³/mol. The molecule has 3 aromatic carbocycles. The molecule has 7 nitrogen and oxygen atoms in total. The number of benzene rings is 3. The summed E-state index contributed by atoms with van der Waals surface area (Å²) >= 11 is 0. The van der Waals surface area contributed by atoms with Crippen LogP contribution in [0, 0.1) is 17.8 Å². The zero-order chi connectivity index (χ0) is 32.8. The Morgan fingerprint density at radius 2 is 1.46 bits per heavy atom. The van der Waals surface area contributed by atoms with Gasteiger partial charge in [0.15, 0.2) is 0 Å². The smallest absolute Gasteiger partial charge is 0.407 e. The van der Waals surface area contributed by atoms with Crippen molar-refractivity contribution in [3.63, 3.8) is 0 Å². The molecule has 1 aliphatic rings. The third-order valence-corrected chi connectivity index (χ3v) is 9.32. The third kappa shape index (κ3) is 9.49. The summed E-state index contributed by atoms with van der Waals surface area (Å²) in [4.78, 5) is 12.5. The van der Waals surface area contributed by atoms with E-state index in [2.05, 4.69) is 31.3 Å². The lowest BCUT2D eigenvalue weighted by atomic mass is 9.79. The van der Waals surface area contributed by atoms with Crippen LogP contribution in [0.1, 0.15) is 81.9 Å². The van der Waals surface area contributed by atoms with Gasteiger partial charge in [0.1, 0.15) is 23.2 Å². The van der Waals surface area contributed by atoms with Gasteiger partial charge in [0.05, 0.1) is 20.8 Å². The summed E-state index contributed by atoms with van der Waals surface area (Å²) < 4.78 is 23.7. The van der Waals surface area contributed by atoms with Crippen molar-refractivity contribution in [3.8, 4) is 11.5 Å². The zero-order valence-corrected chi connectivity index (χ0v) is 28.1. The normalized spacial score (nSPS) is 17.2. The highest BCUT2D eigenvalue weighted by atomic mass is 16.6. The highest BCUT2D eigenvalue weighted by molar-refractivity contribution is 5.67. The van der Waals surface area contributed by atoms with Gasteiger partial charge in [0.25, 0.3) is 0 Å². The molecule has 7 heteroatoms. The Labute approximate surface area is 275 Å². The lowest BCUT2D eigenvalue weighted by Gasteiger charge is -2.37. The summed E-state index contributed by atoms with van der Waals surface area (Å²) in [5.41, 5.74) is 1.97. The van der Waals surface area contributed by atoms with E-state index in [1.54, 1.807) is 14.2 Å². The molecule has 2 N–H and O–H groups in total. The van der Waals surface area contributed by atoms with Gasteiger partial charge in [-0.1, -0.05) is 87.7 Å². The van der Waals surface area contributed by atoms with Gasteiger partial charge in [0, 0.05) is 19.1 Å². The Morgan fingerprint density at radius 3 is 1.98 bits per heavy atom. The molecule has 0 spiro atoms. The van der Waals surface area contributed by atoms with Crippen molar-refractivity contribution in [1.82, 2.24) is 5.32 Å². The number of rotatable bonds is 20. The van der Waals surface area contributed by atoms with Crippen molar-refractivity contribution in [2.45, 2.75) is 76.9 Å². The molecule has 0 radical (unpaired) electrons. The van der Waals surface area contributed by atoms with Crippen LogP contribution < -0.4 is 14.8 Å². The fourth-order valence-corrected chi connectivity index (χ4v) is 6.47. The summed E-state index contributed by atoms with van der Waals surface area (Å²) in [6.45, 7) is 5.27. The van der Waals surface area contributed by atoms with Gasteiger partial charge >= 0.3 is 6.09 Å². The van der Waals surface area contributed by atoms with E-state index in [1.165, 1.54) is 12.8 Å². The molecule has 0 bridgehead atoms. The molecule has 46 heavy (non-hydrogen) atoms. The summed E-state index contributed by atoms with van der Waals surface area (Å²) in [7, 11) is 3.31. The number of nitrogens with one attached hydrogen (secondary N) is 1. The molecule has 4 atom stereocenters. The predicted octanol–water partition coefficient (Wildman–Crippen LogP) is 8.12. The highest BCUT2D eigenvalue weighted by Crippen LogP contribution is 2.45. The number of methoxy groups -OCH3 is 2. The Kier molecular flexibility index (Phi) is 13.8. The van der Waals surface area contributed by atoms with Crippen LogP contribution in [0.5, 0.6) is 11.5 Å². The molecular weight excluding hydrogens is 578 g/mol. The molecule has 1 saturated carbocycles. The maximum absolute atomic E-state index is 12.5. The number of carbonyl (C=O) groups excluding carboxylic acids is 1. The first-order chi connectivity index (χ1) is 22.5. The highest BCUT2D eigenvalue weighted by Gasteiger charge is 2.39. The number of alkyl carbamates (subject to hydrolysis) is 1. The maximum Gasteiger partial charge on any atom is 0.407 e. The second-order valence-electron chi connectivity index (χ2n) is 12.5. The SMILES string of the molecule is CCCC(CC1CC1CC)OC(=O)NCCCCC(CO)COC(c1ccccc1)(c1ccc(OC)cc1)c1ccc(OC)cc1. The number of aliphatic hydroxyl groups is 1. The zero-order valence-electron chi connectivity index (χ0n) is 28.1. The van der Waals surface area contributed by atoms with Gasteiger partial charge < -0.3 is 29.4 Å². The fourth-order valence-electron chi connectivity index (χ4n) is 6.47. The number of ether oxygens (including phenoxy) is 4. The number of hydrogen-bond donors (Lipinski definition) is 2. The van der Waals surface area contributed by atoms with E-state index in [9.17, 15) is 9.90 Å². The van der Waals surface area contributed by atoms with E-state index < -0.39 is 5.60 Å². The Balaban J connectivity index is 1.39. The quantitative estimate of drug-likeness (QED) is 0.0968. The number of hydrogen-bond acceptors (Lipinski definition) is 6. The van der Waals surface area contributed by atoms with Crippen molar-refractivity contribution in [1.29, 1.82) is 0 Å². The summed E-state index contributed by atoms with van der Waals surface area (Å²) in [6, 6.07) is 26.1. The average Bonchev–Trinajstić information content (AvgIpc) is 3.86. The third-order valence-electron chi connectivity index (χ3n) is 9.32. The van der Waals surface area contributed by atoms with Gasteiger partial charge in [-0.05, 0) is 84.9 Å². The van der Waals surface area contributed by atoms with E-state index >= 15 is 0 Å².